The highest BCUT2D eigenvalue weighted by molar-refractivity contribution is 5.98. The van der Waals surface area contributed by atoms with E-state index in [1.807, 2.05) is 23.1 Å². The summed E-state index contributed by atoms with van der Waals surface area (Å²) in [5, 5.41) is 0. The Morgan fingerprint density at radius 2 is 2.28 bits per heavy atom. The molecule has 0 aliphatic carbocycles. The van der Waals surface area contributed by atoms with Crippen LogP contribution in [0.2, 0.25) is 0 Å². The number of aryl methyl sites for hydroxylation is 1. The molecule has 0 saturated carbocycles. The van der Waals surface area contributed by atoms with Crippen molar-refractivity contribution in [3.63, 3.8) is 0 Å². The van der Waals surface area contributed by atoms with Crippen LogP contribution in [0.15, 0.2) is 24.3 Å². The number of anilines is 1. The number of hydrogen-bond acceptors (Lipinski definition) is 3. The number of nitrogens with two attached hydrogens (primary N) is 1. The molecule has 0 radical (unpaired) electrons. The third kappa shape index (κ3) is 2.71. The van der Waals surface area contributed by atoms with Crippen LogP contribution >= 0.6 is 0 Å². The number of ether oxygens (including phenoxy) is 1. The second-order valence-corrected chi connectivity index (χ2v) is 4.61. The molecule has 1 aliphatic rings. The molecule has 1 aromatic rings. The van der Waals surface area contributed by atoms with E-state index >= 15 is 0 Å². The van der Waals surface area contributed by atoms with E-state index in [0.717, 1.165) is 25.1 Å². The van der Waals surface area contributed by atoms with Gasteiger partial charge in [-0.2, -0.15) is 0 Å². The van der Waals surface area contributed by atoms with E-state index in [4.69, 9.17) is 10.5 Å². The third-order valence-corrected chi connectivity index (χ3v) is 3.33. The van der Waals surface area contributed by atoms with Gasteiger partial charge in [0.1, 0.15) is 0 Å². The lowest BCUT2D eigenvalue weighted by molar-refractivity contribution is -0.120. The molecule has 4 nitrogen and oxygen atoms in total. The molecule has 98 valence electrons. The van der Waals surface area contributed by atoms with E-state index in [1.165, 1.54) is 5.56 Å². The van der Waals surface area contributed by atoms with Gasteiger partial charge in [-0.15, -0.1) is 0 Å². The van der Waals surface area contributed by atoms with E-state index in [-0.39, 0.29) is 5.91 Å². The van der Waals surface area contributed by atoms with E-state index in [0.29, 0.717) is 13.0 Å². The van der Waals surface area contributed by atoms with Crippen LogP contribution in [-0.2, 0) is 16.0 Å². The van der Waals surface area contributed by atoms with Gasteiger partial charge in [-0.1, -0.05) is 18.2 Å². The van der Waals surface area contributed by atoms with Crippen LogP contribution in [0.5, 0.6) is 0 Å². The van der Waals surface area contributed by atoms with Gasteiger partial charge < -0.3 is 15.4 Å². The van der Waals surface area contributed by atoms with Gasteiger partial charge >= 0.3 is 0 Å². The first kappa shape index (κ1) is 13.1. The number of amides is 1. The zero-order valence-corrected chi connectivity index (χ0v) is 10.8. The molecule has 1 unspecified atom stereocenters. The van der Waals surface area contributed by atoms with Crippen LogP contribution in [0.25, 0.3) is 0 Å². The molecule has 0 saturated heterocycles. The van der Waals surface area contributed by atoms with Crippen molar-refractivity contribution in [3.8, 4) is 0 Å². The van der Waals surface area contributed by atoms with Crippen molar-refractivity contribution in [1.82, 2.24) is 0 Å². The largest absolute Gasteiger partial charge is 0.385 e. The van der Waals surface area contributed by atoms with Crippen molar-refractivity contribution in [2.75, 3.05) is 25.2 Å². The van der Waals surface area contributed by atoms with E-state index in [9.17, 15) is 4.79 Å². The summed E-state index contributed by atoms with van der Waals surface area (Å²) < 4.78 is 4.97. The Labute approximate surface area is 108 Å². The van der Waals surface area contributed by atoms with E-state index < -0.39 is 6.04 Å². The molecule has 0 aromatic heterocycles. The minimum atomic E-state index is -0.476. The second-order valence-electron chi connectivity index (χ2n) is 4.61. The fraction of sp³-hybridized carbons (Fsp3) is 0.500. The van der Waals surface area contributed by atoms with Crippen molar-refractivity contribution in [1.29, 1.82) is 0 Å². The minimum Gasteiger partial charge on any atom is -0.385 e. The number of fused-ring (bicyclic) bond motifs is 1. The summed E-state index contributed by atoms with van der Waals surface area (Å²) in [7, 11) is 1.62. The SMILES string of the molecule is COCCC(N)C(=O)N1CCCc2ccccc21. The van der Waals surface area contributed by atoms with Crippen molar-refractivity contribution in [3.05, 3.63) is 29.8 Å². The highest BCUT2D eigenvalue weighted by atomic mass is 16.5. The highest BCUT2D eigenvalue weighted by Gasteiger charge is 2.25. The fourth-order valence-corrected chi connectivity index (χ4v) is 2.33. The van der Waals surface area contributed by atoms with Crippen molar-refractivity contribution < 1.29 is 9.53 Å². The lowest BCUT2D eigenvalue weighted by Crippen LogP contribution is -2.46. The predicted octanol–water partition coefficient (Wildman–Crippen LogP) is 1.33. The average Bonchev–Trinajstić information content (AvgIpc) is 2.43. The summed E-state index contributed by atoms with van der Waals surface area (Å²) in [5.41, 5.74) is 8.17. The van der Waals surface area contributed by atoms with Gasteiger partial charge in [0.05, 0.1) is 6.04 Å². The molecule has 1 amide bonds. The maximum absolute atomic E-state index is 12.3. The molecule has 1 heterocycles. The van der Waals surface area contributed by atoms with Crippen LogP contribution in [-0.4, -0.2) is 32.2 Å². The Hall–Kier alpha value is -1.39. The van der Waals surface area contributed by atoms with Gasteiger partial charge in [-0.3, -0.25) is 4.79 Å². The highest BCUT2D eigenvalue weighted by Crippen LogP contribution is 2.27. The molecule has 2 N–H and O–H groups in total. The number of hydrogen-bond donors (Lipinski definition) is 1. The summed E-state index contributed by atoms with van der Waals surface area (Å²) in [4.78, 5) is 14.1. The van der Waals surface area contributed by atoms with Gasteiger partial charge in [-0.05, 0) is 30.9 Å². The fourth-order valence-electron chi connectivity index (χ4n) is 2.33. The lowest BCUT2D eigenvalue weighted by Gasteiger charge is -2.31. The summed E-state index contributed by atoms with van der Waals surface area (Å²) in [6.07, 6.45) is 2.60. The first-order chi connectivity index (χ1) is 8.74. The van der Waals surface area contributed by atoms with Gasteiger partial charge in [-0.25, -0.2) is 0 Å². The third-order valence-electron chi connectivity index (χ3n) is 3.33. The molecule has 1 aromatic carbocycles. The molecular formula is C14H20N2O2. The Bertz CT molecular complexity index is 420. The van der Waals surface area contributed by atoms with Crippen LogP contribution in [0.1, 0.15) is 18.4 Å². The molecular weight excluding hydrogens is 228 g/mol. The summed E-state index contributed by atoms with van der Waals surface area (Å²) in [6.45, 7) is 1.28. The van der Waals surface area contributed by atoms with Gasteiger partial charge in [0.15, 0.2) is 0 Å². The Balaban J connectivity index is 2.12. The zero-order valence-electron chi connectivity index (χ0n) is 10.8. The monoisotopic (exact) mass is 248 g/mol. The normalized spacial score (nSPS) is 16.2. The number of rotatable bonds is 4. The molecule has 0 spiro atoms. The number of carbonyl (C=O) groups excluding carboxylic acids is 1. The van der Waals surface area contributed by atoms with Crippen molar-refractivity contribution in [2.24, 2.45) is 5.73 Å². The molecule has 2 rings (SSSR count). The Kier molecular flexibility index (Phi) is 4.33. The summed E-state index contributed by atoms with van der Waals surface area (Å²) in [5.74, 6) is -0.000741. The number of nitrogens with zero attached hydrogens (tertiary/aromatic N) is 1. The number of para-hydroxylation sites is 1. The Morgan fingerprint density at radius 1 is 1.50 bits per heavy atom. The van der Waals surface area contributed by atoms with Gasteiger partial charge in [0.2, 0.25) is 5.91 Å². The van der Waals surface area contributed by atoms with Gasteiger partial charge in [0, 0.05) is 25.9 Å². The van der Waals surface area contributed by atoms with E-state index in [2.05, 4.69) is 6.07 Å². The first-order valence-corrected chi connectivity index (χ1v) is 6.38. The standard InChI is InChI=1S/C14H20N2O2/c1-18-10-8-12(15)14(17)16-9-4-6-11-5-2-3-7-13(11)16/h2-3,5,7,12H,4,6,8-10,15H2,1H3. The summed E-state index contributed by atoms with van der Waals surface area (Å²) in [6, 6.07) is 7.57. The molecule has 0 bridgehead atoms. The number of methoxy groups -OCH3 is 1. The smallest absolute Gasteiger partial charge is 0.243 e. The first-order valence-electron chi connectivity index (χ1n) is 6.38. The van der Waals surface area contributed by atoms with Crippen LogP contribution in [0.3, 0.4) is 0 Å². The number of benzene rings is 1. The topological polar surface area (TPSA) is 55.6 Å². The van der Waals surface area contributed by atoms with Crippen LogP contribution in [0, 0.1) is 0 Å². The molecule has 0 fully saturated rings. The minimum absolute atomic E-state index is 0.000741. The Morgan fingerprint density at radius 3 is 3.06 bits per heavy atom. The van der Waals surface area contributed by atoms with Crippen LogP contribution in [0.4, 0.5) is 5.69 Å². The second kappa shape index (κ2) is 5.98. The average molecular weight is 248 g/mol. The van der Waals surface area contributed by atoms with Crippen molar-refractivity contribution in [2.45, 2.75) is 25.3 Å². The zero-order chi connectivity index (χ0) is 13.0. The van der Waals surface area contributed by atoms with Crippen LogP contribution < -0.4 is 10.6 Å². The quantitative estimate of drug-likeness (QED) is 0.874. The molecule has 18 heavy (non-hydrogen) atoms. The molecule has 1 aliphatic heterocycles. The summed E-state index contributed by atoms with van der Waals surface area (Å²) >= 11 is 0. The maximum atomic E-state index is 12.3. The number of carbonyl (C=O) groups is 1. The van der Waals surface area contributed by atoms with E-state index in [1.54, 1.807) is 7.11 Å². The maximum Gasteiger partial charge on any atom is 0.243 e. The van der Waals surface area contributed by atoms with Gasteiger partial charge in [0.25, 0.3) is 0 Å². The predicted molar refractivity (Wildman–Crippen MR) is 71.6 cm³/mol. The molecule has 1 atom stereocenters. The molecule has 4 heteroatoms. The lowest BCUT2D eigenvalue weighted by atomic mass is 10.0. The van der Waals surface area contributed by atoms with Crippen molar-refractivity contribution >= 4 is 11.6 Å².